The van der Waals surface area contributed by atoms with Gasteiger partial charge in [0.25, 0.3) is 0 Å². The highest BCUT2D eigenvalue weighted by Gasteiger charge is 2.23. The normalized spacial score (nSPS) is 14.9. The lowest BCUT2D eigenvalue weighted by Gasteiger charge is -2.32. The van der Waals surface area contributed by atoms with Crippen molar-refractivity contribution < 1.29 is 14.0 Å². The minimum Gasteiger partial charge on any atom is -0.353 e. The molecule has 2 amide bonds. The van der Waals surface area contributed by atoms with Gasteiger partial charge in [0.05, 0.1) is 12.8 Å². The first kappa shape index (κ1) is 18.1. The Morgan fingerprint density at radius 3 is 2.19 bits per heavy atom. The second-order valence-electron chi connectivity index (χ2n) is 6.69. The predicted molar refractivity (Wildman–Crippen MR) is 98.0 cm³/mol. The van der Waals surface area contributed by atoms with Crippen LogP contribution in [0.2, 0.25) is 0 Å². The maximum absolute atomic E-state index is 12.9. The first-order valence-electron chi connectivity index (χ1n) is 8.95. The van der Waals surface area contributed by atoms with Gasteiger partial charge in [-0.1, -0.05) is 42.5 Å². The van der Waals surface area contributed by atoms with Crippen molar-refractivity contribution in [3.05, 3.63) is 71.5 Å². The zero-order chi connectivity index (χ0) is 18.4. The lowest BCUT2D eigenvalue weighted by Crippen LogP contribution is -2.47. The summed E-state index contributed by atoms with van der Waals surface area (Å²) in [5, 5.41) is 3.06. The monoisotopic (exact) mass is 354 g/mol. The average Bonchev–Trinajstić information content (AvgIpc) is 2.65. The summed E-state index contributed by atoms with van der Waals surface area (Å²) in [6.07, 6.45) is 2.18. The van der Waals surface area contributed by atoms with Crippen molar-refractivity contribution in [1.29, 1.82) is 0 Å². The fourth-order valence-electron chi connectivity index (χ4n) is 3.22. The maximum atomic E-state index is 12.9. The van der Waals surface area contributed by atoms with Crippen LogP contribution in [0.3, 0.4) is 0 Å². The highest BCUT2D eigenvalue weighted by Crippen LogP contribution is 2.13. The van der Waals surface area contributed by atoms with Gasteiger partial charge in [0.15, 0.2) is 0 Å². The molecule has 5 heteroatoms. The molecule has 0 aliphatic carbocycles. The van der Waals surface area contributed by atoms with Crippen LogP contribution in [0.25, 0.3) is 0 Å². The van der Waals surface area contributed by atoms with E-state index in [0.29, 0.717) is 19.5 Å². The van der Waals surface area contributed by atoms with E-state index in [0.717, 1.165) is 24.0 Å². The van der Waals surface area contributed by atoms with Crippen molar-refractivity contribution in [1.82, 2.24) is 10.2 Å². The largest absolute Gasteiger partial charge is 0.353 e. The summed E-state index contributed by atoms with van der Waals surface area (Å²) < 4.78 is 12.9. The van der Waals surface area contributed by atoms with Crippen molar-refractivity contribution in [3.8, 4) is 0 Å². The summed E-state index contributed by atoms with van der Waals surface area (Å²) in [6, 6.07) is 15.8. The molecule has 0 atom stereocenters. The van der Waals surface area contributed by atoms with Gasteiger partial charge < -0.3 is 10.2 Å². The predicted octanol–water partition coefficient (Wildman–Crippen LogP) is 2.72. The topological polar surface area (TPSA) is 49.4 Å². The van der Waals surface area contributed by atoms with Crippen LogP contribution in [0.4, 0.5) is 4.39 Å². The summed E-state index contributed by atoms with van der Waals surface area (Å²) in [4.78, 5) is 26.3. The number of amides is 2. The van der Waals surface area contributed by atoms with E-state index in [1.165, 1.54) is 12.1 Å². The highest BCUT2D eigenvalue weighted by atomic mass is 19.1. The second-order valence-corrected chi connectivity index (χ2v) is 6.69. The molecule has 1 N–H and O–H groups in total. The van der Waals surface area contributed by atoms with E-state index in [2.05, 4.69) is 5.32 Å². The zero-order valence-corrected chi connectivity index (χ0v) is 14.7. The van der Waals surface area contributed by atoms with Gasteiger partial charge in [-0.2, -0.15) is 0 Å². The Morgan fingerprint density at radius 2 is 1.54 bits per heavy atom. The molecule has 4 nitrogen and oxygen atoms in total. The Labute approximate surface area is 153 Å². The highest BCUT2D eigenvalue weighted by molar-refractivity contribution is 5.80. The van der Waals surface area contributed by atoms with Crippen LogP contribution >= 0.6 is 0 Å². The van der Waals surface area contributed by atoms with Crippen molar-refractivity contribution in [2.75, 3.05) is 13.1 Å². The Kier molecular flexibility index (Phi) is 6.00. The van der Waals surface area contributed by atoms with Crippen molar-refractivity contribution >= 4 is 11.8 Å². The van der Waals surface area contributed by atoms with E-state index < -0.39 is 0 Å². The molecule has 1 heterocycles. The molecule has 0 aromatic heterocycles. The van der Waals surface area contributed by atoms with Crippen LogP contribution in [-0.4, -0.2) is 35.8 Å². The van der Waals surface area contributed by atoms with Gasteiger partial charge in [-0.25, -0.2) is 4.39 Å². The van der Waals surface area contributed by atoms with Gasteiger partial charge in [0.2, 0.25) is 11.8 Å². The molecule has 0 radical (unpaired) electrons. The van der Waals surface area contributed by atoms with Gasteiger partial charge in [-0.15, -0.1) is 0 Å². The first-order valence-corrected chi connectivity index (χ1v) is 8.95. The molecule has 1 fully saturated rings. The molecule has 136 valence electrons. The Bertz CT molecular complexity index is 738. The average molecular weight is 354 g/mol. The third-order valence-corrected chi connectivity index (χ3v) is 4.69. The van der Waals surface area contributed by atoms with Gasteiger partial charge in [0, 0.05) is 19.1 Å². The van der Waals surface area contributed by atoms with Crippen molar-refractivity contribution in [3.63, 3.8) is 0 Å². The van der Waals surface area contributed by atoms with Crippen molar-refractivity contribution in [2.45, 2.75) is 31.7 Å². The van der Waals surface area contributed by atoms with E-state index in [-0.39, 0.29) is 30.1 Å². The van der Waals surface area contributed by atoms with Crippen LogP contribution < -0.4 is 5.32 Å². The molecular weight excluding hydrogens is 331 g/mol. The van der Waals surface area contributed by atoms with Gasteiger partial charge >= 0.3 is 0 Å². The fraction of sp³-hybridized carbons (Fsp3) is 0.333. The summed E-state index contributed by atoms with van der Waals surface area (Å²) in [7, 11) is 0. The van der Waals surface area contributed by atoms with Gasteiger partial charge in [-0.05, 0) is 36.1 Å². The second kappa shape index (κ2) is 8.61. The molecule has 3 rings (SSSR count). The molecule has 0 saturated carbocycles. The lowest BCUT2D eigenvalue weighted by molar-refractivity contribution is -0.131. The smallest absolute Gasteiger partial charge is 0.226 e. The number of benzene rings is 2. The van der Waals surface area contributed by atoms with E-state index in [4.69, 9.17) is 0 Å². The van der Waals surface area contributed by atoms with Crippen LogP contribution in [0.5, 0.6) is 0 Å². The minimum atomic E-state index is -0.298. The number of likely N-dealkylation sites (tertiary alicyclic amines) is 1. The third kappa shape index (κ3) is 5.15. The van der Waals surface area contributed by atoms with Crippen LogP contribution in [-0.2, 0) is 22.4 Å². The molecule has 26 heavy (non-hydrogen) atoms. The Morgan fingerprint density at radius 1 is 0.923 bits per heavy atom. The molecule has 1 aliphatic heterocycles. The number of carbonyl (C=O) groups is 2. The van der Waals surface area contributed by atoms with E-state index in [1.54, 1.807) is 12.1 Å². The standard InChI is InChI=1S/C21H23FN2O2/c22-18-8-6-17(7-9-18)15-21(26)24-12-10-19(11-13-24)23-20(25)14-16-4-2-1-3-5-16/h1-9,19H,10-15H2,(H,23,25). The molecule has 1 saturated heterocycles. The van der Waals surface area contributed by atoms with Gasteiger partial charge in [-0.3, -0.25) is 9.59 Å². The Balaban J connectivity index is 1.42. The number of hydrogen-bond acceptors (Lipinski definition) is 2. The number of nitrogens with zero attached hydrogens (tertiary/aromatic N) is 1. The molecule has 1 aliphatic rings. The maximum Gasteiger partial charge on any atom is 0.226 e. The summed E-state index contributed by atoms with van der Waals surface area (Å²) in [5.74, 6) is -0.230. The van der Waals surface area contributed by atoms with E-state index >= 15 is 0 Å². The molecule has 2 aromatic carbocycles. The van der Waals surface area contributed by atoms with E-state index in [1.807, 2.05) is 35.2 Å². The first-order chi connectivity index (χ1) is 12.6. The number of piperidine rings is 1. The molecule has 0 spiro atoms. The minimum absolute atomic E-state index is 0.0206. The van der Waals surface area contributed by atoms with E-state index in [9.17, 15) is 14.0 Å². The number of hydrogen-bond donors (Lipinski definition) is 1. The van der Waals surface area contributed by atoms with Crippen molar-refractivity contribution in [2.24, 2.45) is 0 Å². The lowest BCUT2D eigenvalue weighted by atomic mass is 10.0. The number of nitrogens with one attached hydrogen (secondary N) is 1. The number of carbonyl (C=O) groups excluding carboxylic acids is 2. The fourth-order valence-corrected chi connectivity index (χ4v) is 3.22. The van der Waals surface area contributed by atoms with Crippen LogP contribution in [0.15, 0.2) is 54.6 Å². The molecule has 0 unspecified atom stereocenters. The number of rotatable bonds is 5. The summed E-state index contributed by atoms with van der Waals surface area (Å²) in [6.45, 7) is 1.27. The Hall–Kier alpha value is -2.69. The van der Waals surface area contributed by atoms with Crippen LogP contribution in [0.1, 0.15) is 24.0 Å². The SMILES string of the molecule is O=C(Cc1ccccc1)NC1CCN(C(=O)Cc2ccc(F)cc2)CC1. The molecular formula is C21H23FN2O2. The molecule has 0 bridgehead atoms. The van der Waals surface area contributed by atoms with Gasteiger partial charge in [0.1, 0.15) is 5.82 Å². The molecule has 2 aromatic rings. The van der Waals surface area contributed by atoms with Crippen LogP contribution in [0, 0.1) is 5.82 Å². The zero-order valence-electron chi connectivity index (χ0n) is 14.7. The summed E-state index contributed by atoms with van der Waals surface area (Å²) >= 11 is 0. The number of halogens is 1. The quantitative estimate of drug-likeness (QED) is 0.898. The third-order valence-electron chi connectivity index (χ3n) is 4.69. The summed E-state index contributed by atoms with van der Waals surface area (Å²) in [5.41, 5.74) is 1.81.